The molecule has 0 fully saturated rings. The lowest BCUT2D eigenvalue weighted by Gasteiger charge is -2.07. The zero-order valence-corrected chi connectivity index (χ0v) is 15.0. The molecule has 2 aromatic carbocycles. The summed E-state index contributed by atoms with van der Waals surface area (Å²) in [5.41, 5.74) is 2.74. The van der Waals surface area contributed by atoms with Gasteiger partial charge in [-0.05, 0) is 13.8 Å². The molecule has 1 amide bonds. The normalized spacial score (nSPS) is 11.9. The molecule has 1 heterocycles. The average molecular weight is 352 g/mol. The molecule has 0 aliphatic carbocycles. The van der Waals surface area contributed by atoms with Crippen LogP contribution in [-0.2, 0) is 4.79 Å². The van der Waals surface area contributed by atoms with Crippen molar-refractivity contribution in [2.24, 2.45) is 0 Å². The zero-order chi connectivity index (χ0) is 17.6. The molecule has 0 saturated carbocycles. The van der Waals surface area contributed by atoms with Crippen LogP contribution < -0.4 is 5.32 Å². The van der Waals surface area contributed by atoms with Gasteiger partial charge in [-0.2, -0.15) is 0 Å². The van der Waals surface area contributed by atoms with E-state index in [-0.39, 0.29) is 11.2 Å². The van der Waals surface area contributed by atoms with E-state index in [1.54, 1.807) is 0 Å². The molecule has 4 nitrogen and oxygen atoms in total. The summed E-state index contributed by atoms with van der Waals surface area (Å²) in [4.78, 5) is 16.6. The molecule has 0 radical (unpaired) electrons. The number of amides is 1. The third kappa shape index (κ3) is 4.12. The van der Waals surface area contributed by atoms with Crippen molar-refractivity contribution < 1.29 is 9.21 Å². The van der Waals surface area contributed by atoms with Crippen molar-refractivity contribution in [1.82, 2.24) is 10.3 Å². The Balaban J connectivity index is 1.96. The lowest BCUT2D eigenvalue weighted by Crippen LogP contribution is -2.30. The largest absolute Gasteiger partial charge is 0.431 e. The summed E-state index contributed by atoms with van der Waals surface area (Å²) in [7, 11) is 0. The number of nitrogens with zero attached hydrogens (tertiary/aromatic N) is 1. The van der Waals surface area contributed by atoms with E-state index in [0.717, 1.165) is 22.6 Å². The van der Waals surface area contributed by atoms with Crippen LogP contribution in [-0.4, -0.2) is 22.7 Å². The van der Waals surface area contributed by atoms with Gasteiger partial charge in [0.25, 0.3) is 5.22 Å². The summed E-state index contributed by atoms with van der Waals surface area (Å²) in [5, 5.41) is 3.05. The quantitative estimate of drug-likeness (QED) is 0.658. The Labute approximate surface area is 151 Å². The van der Waals surface area contributed by atoms with Crippen molar-refractivity contribution in [3.05, 3.63) is 60.7 Å². The molecule has 0 spiro atoms. The maximum Gasteiger partial charge on any atom is 0.257 e. The molecule has 1 atom stereocenters. The minimum absolute atomic E-state index is 0.0202. The highest BCUT2D eigenvalue weighted by Gasteiger charge is 2.21. The SMILES string of the molecule is CCNC(=O)[C@H](C)Sc1nc(-c2ccccc2)c(-c2ccccc2)o1. The number of carbonyl (C=O) groups excluding carboxylic acids is 1. The van der Waals surface area contributed by atoms with E-state index in [9.17, 15) is 4.79 Å². The van der Waals surface area contributed by atoms with E-state index in [0.29, 0.717) is 11.8 Å². The van der Waals surface area contributed by atoms with Crippen molar-refractivity contribution >= 4 is 17.7 Å². The van der Waals surface area contributed by atoms with E-state index in [1.807, 2.05) is 74.5 Å². The van der Waals surface area contributed by atoms with Crippen molar-refractivity contribution in [3.63, 3.8) is 0 Å². The Hall–Kier alpha value is -2.53. The van der Waals surface area contributed by atoms with Gasteiger partial charge in [-0.1, -0.05) is 72.4 Å². The number of carbonyl (C=O) groups is 1. The molecule has 0 unspecified atom stereocenters. The first-order chi connectivity index (χ1) is 12.2. The molecule has 3 aromatic rings. The lowest BCUT2D eigenvalue weighted by atomic mass is 10.1. The lowest BCUT2D eigenvalue weighted by molar-refractivity contribution is -0.120. The standard InChI is InChI=1S/C20H20N2O2S/c1-3-21-19(23)14(2)25-20-22-17(15-10-6-4-7-11-15)18(24-20)16-12-8-5-9-13-16/h4-14H,3H2,1-2H3,(H,21,23)/t14-/m0/s1. The number of hydrogen-bond acceptors (Lipinski definition) is 4. The van der Waals surface area contributed by atoms with E-state index >= 15 is 0 Å². The van der Waals surface area contributed by atoms with Crippen LogP contribution >= 0.6 is 11.8 Å². The van der Waals surface area contributed by atoms with Crippen LogP contribution in [0, 0.1) is 0 Å². The monoisotopic (exact) mass is 352 g/mol. The van der Waals surface area contributed by atoms with Gasteiger partial charge >= 0.3 is 0 Å². The summed E-state index contributed by atoms with van der Waals surface area (Å²) in [5.74, 6) is 0.700. The van der Waals surface area contributed by atoms with Gasteiger partial charge in [-0.15, -0.1) is 0 Å². The Bertz CT molecular complexity index is 774. The molecule has 0 saturated heterocycles. The average Bonchev–Trinajstić information content (AvgIpc) is 3.07. The maximum atomic E-state index is 12.0. The molecule has 5 heteroatoms. The molecule has 1 aromatic heterocycles. The van der Waals surface area contributed by atoms with Gasteiger partial charge in [0.2, 0.25) is 5.91 Å². The molecular weight excluding hydrogens is 332 g/mol. The first-order valence-electron chi connectivity index (χ1n) is 8.25. The van der Waals surface area contributed by atoms with Gasteiger partial charge in [0.1, 0.15) is 5.69 Å². The molecule has 128 valence electrons. The Morgan fingerprint density at radius 3 is 2.28 bits per heavy atom. The fourth-order valence-corrected chi connectivity index (χ4v) is 3.22. The second kappa shape index (κ2) is 8.03. The van der Waals surface area contributed by atoms with E-state index in [4.69, 9.17) is 4.42 Å². The predicted octanol–water partition coefficient (Wildman–Crippen LogP) is 4.63. The summed E-state index contributed by atoms with van der Waals surface area (Å²) >= 11 is 1.33. The van der Waals surface area contributed by atoms with Crippen LogP contribution in [0.15, 0.2) is 70.3 Å². The summed E-state index contributed by atoms with van der Waals surface area (Å²) < 4.78 is 6.03. The van der Waals surface area contributed by atoms with Crippen LogP contribution in [0.1, 0.15) is 13.8 Å². The Morgan fingerprint density at radius 1 is 1.08 bits per heavy atom. The molecule has 0 aliphatic rings. The van der Waals surface area contributed by atoms with Crippen molar-refractivity contribution in [1.29, 1.82) is 0 Å². The molecule has 1 N–H and O–H groups in total. The van der Waals surface area contributed by atoms with Gasteiger partial charge in [-0.25, -0.2) is 4.98 Å². The maximum absolute atomic E-state index is 12.0. The number of rotatable bonds is 6. The summed E-state index contributed by atoms with van der Waals surface area (Å²) in [6.45, 7) is 4.37. The third-order valence-electron chi connectivity index (χ3n) is 3.69. The van der Waals surface area contributed by atoms with Gasteiger partial charge < -0.3 is 9.73 Å². The van der Waals surface area contributed by atoms with Crippen molar-refractivity contribution in [2.45, 2.75) is 24.3 Å². The number of thioether (sulfide) groups is 1. The topological polar surface area (TPSA) is 55.1 Å². The van der Waals surface area contributed by atoms with Gasteiger partial charge in [-0.3, -0.25) is 4.79 Å². The highest BCUT2D eigenvalue weighted by atomic mass is 32.2. The first kappa shape index (κ1) is 17.3. The molecule has 25 heavy (non-hydrogen) atoms. The predicted molar refractivity (Wildman–Crippen MR) is 101 cm³/mol. The van der Waals surface area contributed by atoms with E-state index in [2.05, 4.69) is 10.3 Å². The Kier molecular flexibility index (Phi) is 5.56. The second-order valence-corrected chi connectivity index (χ2v) is 6.84. The first-order valence-corrected chi connectivity index (χ1v) is 9.13. The fraction of sp³-hybridized carbons (Fsp3) is 0.200. The van der Waals surface area contributed by atoms with Gasteiger partial charge in [0.15, 0.2) is 5.76 Å². The minimum atomic E-state index is -0.272. The van der Waals surface area contributed by atoms with E-state index in [1.165, 1.54) is 11.8 Å². The number of benzene rings is 2. The summed E-state index contributed by atoms with van der Waals surface area (Å²) in [6.07, 6.45) is 0. The third-order valence-corrected chi connectivity index (χ3v) is 4.63. The smallest absolute Gasteiger partial charge is 0.257 e. The number of nitrogens with one attached hydrogen (secondary N) is 1. The zero-order valence-electron chi connectivity index (χ0n) is 14.2. The highest BCUT2D eigenvalue weighted by Crippen LogP contribution is 2.36. The van der Waals surface area contributed by atoms with Crippen LogP contribution in [0.3, 0.4) is 0 Å². The van der Waals surface area contributed by atoms with Crippen LogP contribution in [0.4, 0.5) is 0 Å². The highest BCUT2D eigenvalue weighted by molar-refractivity contribution is 8.00. The molecule has 0 aliphatic heterocycles. The minimum Gasteiger partial charge on any atom is -0.431 e. The van der Waals surface area contributed by atoms with Crippen LogP contribution in [0.2, 0.25) is 0 Å². The van der Waals surface area contributed by atoms with Crippen molar-refractivity contribution in [3.8, 4) is 22.6 Å². The van der Waals surface area contributed by atoms with Crippen LogP contribution in [0.5, 0.6) is 0 Å². The fourth-order valence-electron chi connectivity index (χ4n) is 2.45. The number of hydrogen-bond donors (Lipinski definition) is 1. The van der Waals surface area contributed by atoms with Crippen molar-refractivity contribution in [2.75, 3.05) is 6.54 Å². The number of aromatic nitrogens is 1. The summed E-state index contributed by atoms with van der Waals surface area (Å²) in [6, 6.07) is 19.8. The van der Waals surface area contributed by atoms with Crippen LogP contribution in [0.25, 0.3) is 22.6 Å². The molecular formula is C20H20N2O2S. The Morgan fingerprint density at radius 2 is 1.68 bits per heavy atom. The second-order valence-electron chi connectivity index (χ2n) is 5.54. The van der Waals surface area contributed by atoms with Gasteiger partial charge in [0, 0.05) is 17.7 Å². The van der Waals surface area contributed by atoms with E-state index < -0.39 is 0 Å². The molecule has 3 rings (SSSR count). The molecule has 0 bridgehead atoms. The number of oxazole rings is 1. The van der Waals surface area contributed by atoms with Gasteiger partial charge in [0.05, 0.1) is 5.25 Å².